The number of nitrogens with one attached hydrogen (secondary N) is 1. The maximum atomic E-state index is 12.3. The molecule has 1 N–H and O–H groups in total. The Morgan fingerprint density at radius 2 is 2.24 bits per heavy atom. The first kappa shape index (κ1) is 15.8. The first-order chi connectivity index (χ1) is 10.2. The number of pyridine rings is 1. The van der Waals surface area contributed by atoms with E-state index in [9.17, 15) is 4.79 Å². The molecule has 0 bridgehead atoms. The van der Waals surface area contributed by atoms with Gasteiger partial charge >= 0.3 is 0 Å². The van der Waals surface area contributed by atoms with Gasteiger partial charge in [0.15, 0.2) is 0 Å². The van der Waals surface area contributed by atoms with Crippen molar-refractivity contribution in [2.45, 2.75) is 52.5 Å². The molecule has 116 valence electrons. The van der Waals surface area contributed by atoms with Gasteiger partial charge in [-0.05, 0) is 31.2 Å². The first-order valence-corrected chi connectivity index (χ1v) is 8.20. The number of hydrogen-bond acceptors (Lipinski definition) is 3. The average molecular weight is 289 g/mol. The van der Waals surface area contributed by atoms with E-state index in [1.165, 1.54) is 6.42 Å². The molecule has 0 saturated carbocycles. The van der Waals surface area contributed by atoms with Gasteiger partial charge in [-0.25, -0.2) is 4.98 Å². The lowest BCUT2D eigenvalue weighted by molar-refractivity contribution is -0.131. The van der Waals surface area contributed by atoms with Crippen molar-refractivity contribution < 1.29 is 4.79 Å². The fourth-order valence-electron chi connectivity index (χ4n) is 2.84. The molecule has 1 saturated heterocycles. The molecule has 1 aliphatic heterocycles. The summed E-state index contributed by atoms with van der Waals surface area (Å²) >= 11 is 0. The highest BCUT2D eigenvalue weighted by Crippen LogP contribution is 2.23. The molecule has 4 nitrogen and oxygen atoms in total. The van der Waals surface area contributed by atoms with Crippen molar-refractivity contribution >= 4 is 11.7 Å². The summed E-state index contributed by atoms with van der Waals surface area (Å²) < 4.78 is 0. The number of anilines is 1. The van der Waals surface area contributed by atoms with Crippen molar-refractivity contribution in [1.29, 1.82) is 0 Å². The molecule has 2 heterocycles. The zero-order valence-electron chi connectivity index (χ0n) is 13.3. The summed E-state index contributed by atoms with van der Waals surface area (Å²) in [6, 6.07) is 4.02. The lowest BCUT2D eigenvalue weighted by Crippen LogP contribution is -2.30. The molecule has 1 aromatic heterocycles. The number of likely N-dealkylation sites (tertiary alicyclic amines) is 1. The van der Waals surface area contributed by atoms with Crippen LogP contribution in [0.4, 0.5) is 5.82 Å². The van der Waals surface area contributed by atoms with Gasteiger partial charge in [0.25, 0.3) is 0 Å². The lowest BCUT2D eigenvalue weighted by Gasteiger charge is -2.22. The van der Waals surface area contributed by atoms with Crippen LogP contribution in [0.2, 0.25) is 0 Å². The monoisotopic (exact) mass is 289 g/mol. The van der Waals surface area contributed by atoms with Crippen LogP contribution < -0.4 is 5.32 Å². The topological polar surface area (TPSA) is 45.2 Å². The van der Waals surface area contributed by atoms with E-state index in [2.05, 4.69) is 30.2 Å². The maximum absolute atomic E-state index is 12.3. The fraction of sp³-hybridized carbons (Fsp3) is 0.647. The Kier molecular flexibility index (Phi) is 6.03. The predicted octanol–water partition coefficient (Wildman–Crippen LogP) is 3.44. The Balaban J connectivity index is 2.04. The third-order valence-electron chi connectivity index (χ3n) is 4.30. The zero-order valence-corrected chi connectivity index (χ0v) is 13.3. The van der Waals surface area contributed by atoms with Crippen LogP contribution in [0.1, 0.15) is 51.5 Å². The minimum atomic E-state index is 0.288. The van der Waals surface area contributed by atoms with Gasteiger partial charge in [0.05, 0.1) is 0 Å². The summed E-state index contributed by atoms with van der Waals surface area (Å²) in [6.07, 6.45) is 6.91. The molecular weight excluding hydrogens is 262 g/mol. The van der Waals surface area contributed by atoms with Crippen molar-refractivity contribution in [2.75, 3.05) is 18.4 Å². The van der Waals surface area contributed by atoms with E-state index >= 15 is 0 Å². The molecule has 4 heteroatoms. The summed E-state index contributed by atoms with van der Waals surface area (Å²) in [5, 5.41) is 3.35. The summed E-state index contributed by atoms with van der Waals surface area (Å²) in [5.41, 5.74) is 1.12. The molecule has 0 aromatic carbocycles. The van der Waals surface area contributed by atoms with Crippen LogP contribution in [0.5, 0.6) is 0 Å². The molecule has 2 rings (SSSR count). The Morgan fingerprint density at radius 3 is 3.00 bits per heavy atom. The molecule has 1 amide bonds. The molecule has 1 unspecified atom stereocenters. The molecule has 0 spiro atoms. The number of carbonyl (C=O) groups is 1. The van der Waals surface area contributed by atoms with Gasteiger partial charge in [-0.1, -0.05) is 26.3 Å². The molecule has 1 aromatic rings. The number of aromatic nitrogens is 1. The molecular formula is C17H27N3O. The summed E-state index contributed by atoms with van der Waals surface area (Å²) in [7, 11) is 0. The van der Waals surface area contributed by atoms with Crippen molar-refractivity contribution in [3.05, 3.63) is 23.9 Å². The Hall–Kier alpha value is -1.58. The summed E-state index contributed by atoms with van der Waals surface area (Å²) in [5.74, 6) is 1.91. The standard InChI is InChI=1S/C17H27N3O/c1-3-10-18-17-15(6-5-11-19-17)13-20-12-9-14(4-2)7-8-16(20)21/h5-6,11,14H,3-4,7-10,12-13H2,1-2H3,(H,18,19). The summed E-state index contributed by atoms with van der Waals surface area (Å²) in [6.45, 7) is 6.82. The van der Waals surface area contributed by atoms with E-state index in [0.29, 0.717) is 18.9 Å². The fourth-order valence-corrected chi connectivity index (χ4v) is 2.84. The Bertz CT molecular complexity index is 461. The molecule has 1 atom stereocenters. The van der Waals surface area contributed by atoms with Gasteiger partial charge in [-0.3, -0.25) is 4.79 Å². The van der Waals surface area contributed by atoms with Crippen molar-refractivity contribution in [1.82, 2.24) is 9.88 Å². The molecule has 21 heavy (non-hydrogen) atoms. The quantitative estimate of drug-likeness (QED) is 0.872. The number of carbonyl (C=O) groups excluding carboxylic acids is 1. The van der Waals surface area contributed by atoms with Crippen LogP contribution in [0, 0.1) is 5.92 Å². The van der Waals surface area contributed by atoms with E-state index < -0.39 is 0 Å². The number of rotatable bonds is 6. The van der Waals surface area contributed by atoms with E-state index in [1.807, 2.05) is 11.0 Å². The van der Waals surface area contributed by atoms with Gasteiger partial charge in [0.2, 0.25) is 5.91 Å². The highest BCUT2D eigenvalue weighted by atomic mass is 16.2. The summed E-state index contributed by atoms with van der Waals surface area (Å²) in [4.78, 5) is 18.7. The van der Waals surface area contributed by atoms with Crippen molar-refractivity contribution in [2.24, 2.45) is 5.92 Å². The second kappa shape index (κ2) is 8.01. The number of nitrogens with zero attached hydrogens (tertiary/aromatic N) is 2. The third kappa shape index (κ3) is 4.45. The van der Waals surface area contributed by atoms with Crippen LogP contribution in [-0.4, -0.2) is 28.9 Å². The van der Waals surface area contributed by atoms with E-state index in [0.717, 1.165) is 43.7 Å². The van der Waals surface area contributed by atoms with Gasteiger partial charge in [-0.2, -0.15) is 0 Å². The molecule has 0 aliphatic carbocycles. The normalized spacial score (nSPS) is 19.4. The van der Waals surface area contributed by atoms with Gasteiger partial charge < -0.3 is 10.2 Å². The van der Waals surface area contributed by atoms with Gasteiger partial charge in [0.1, 0.15) is 5.82 Å². The smallest absolute Gasteiger partial charge is 0.222 e. The second-order valence-electron chi connectivity index (χ2n) is 5.85. The van der Waals surface area contributed by atoms with Crippen LogP contribution in [0.15, 0.2) is 18.3 Å². The SMILES string of the molecule is CCCNc1ncccc1CN1CCC(CC)CCC1=O. The van der Waals surface area contributed by atoms with Crippen LogP contribution in [0.3, 0.4) is 0 Å². The lowest BCUT2D eigenvalue weighted by atomic mass is 9.98. The first-order valence-electron chi connectivity index (χ1n) is 8.20. The molecule has 0 radical (unpaired) electrons. The van der Waals surface area contributed by atoms with Crippen LogP contribution >= 0.6 is 0 Å². The highest BCUT2D eigenvalue weighted by Gasteiger charge is 2.22. The average Bonchev–Trinajstić information content (AvgIpc) is 2.69. The van der Waals surface area contributed by atoms with Gasteiger partial charge in [0, 0.05) is 37.8 Å². The van der Waals surface area contributed by atoms with Crippen molar-refractivity contribution in [3.8, 4) is 0 Å². The largest absolute Gasteiger partial charge is 0.370 e. The third-order valence-corrected chi connectivity index (χ3v) is 4.30. The highest BCUT2D eigenvalue weighted by molar-refractivity contribution is 5.76. The van der Waals surface area contributed by atoms with Gasteiger partial charge in [-0.15, -0.1) is 0 Å². The van der Waals surface area contributed by atoms with Crippen molar-refractivity contribution in [3.63, 3.8) is 0 Å². The van der Waals surface area contributed by atoms with Crippen LogP contribution in [0.25, 0.3) is 0 Å². The Labute approximate surface area is 127 Å². The molecule has 1 fully saturated rings. The maximum Gasteiger partial charge on any atom is 0.222 e. The number of amides is 1. The molecule has 1 aliphatic rings. The zero-order chi connectivity index (χ0) is 15.1. The number of hydrogen-bond donors (Lipinski definition) is 1. The minimum Gasteiger partial charge on any atom is -0.370 e. The predicted molar refractivity (Wildman–Crippen MR) is 86.1 cm³/mol. The Morgan fingerprint density at radius 1 is 1.38 bits per heavy atom. The van der Waals surface area contributed by atoms with E-state index in [-0.39, 0.29) is 5.91 Å². The van der Waals surface area contributed by atoms with Crippen LogP contribution in [-0.2, 0) is 11.3 Å². The minimum absolute atomic E-state index is 0.288. The second-order valence-corrected chi connectivity index (χ2v) is 5.85. The van der Waals surface area contributed by atoms with E-state index in [1.54, 1.807) is 6.20 Å². The van der Waals surface area contributed by atoms with E-state index in [4.69, 9.17) is 0 Å².